The maximum Gasteiger partial charge on any atom is 0.131 e. The van der Waals surface area contributed by atoms with Gasteiger partial charge in [-0.1, -0.05) is 13.0 Å². The predicted molar refractivity (Wildman–Crippen MR) is 80.4 cm³/mol. The van der Waals surface area contributed by atoms with E-state index in [9.17, 15) is 4.39 Å². The van der Waals surface area contributed by atoms with Crippen molar-refractivity contribution >= 4 is 11.3 Å². The predicted octanol–water partition coefficient (Wildman–Crippen LogP) is 3.21. The molecule has 5 heteroatoms. The molecule has 1 aromatic carbocycles. The Hall–Kier alpha value is -1.43. The Labute approximate surface area is 122 Å². The Balaban J connectivity index is 2.19. The van der Waals surface area contributed by atoms with Gasteiger partial charge in [0, 0.05) is 27.8 Å². The number of thiophene rings is 1. The van der Waals surface area contributed by atoms with Gasteiger partial charge in [-0.05, 0) is 24.6 Å². The Morgan fingerprint density at radius 3 is 2.60 bits per heavy atom. The molecule has 20 heavy (non-hydrogen) atoms. The smallest absolute Gasteiger partial charge is 0.131 e. The molecule has 0 fully saturated rings. The lowest BCUT2D eigenvalue weighted by atomic mass is 10.0. The molecule has 1 aromatic heterocycles. The maximum atomic E-state index is 14.1. The number of nitrogens with two attached hydrogens (primary N) is 1. The van der Waals surface area contributed by atoms with E-state index < -0.39 is 0 Å². The minimum absolute atomic E-state index is 0.246. The van der Waals surface area contributed by atoms with E-state index >= 15 is 0 Å². The topological polar surface area (TPSA) is 47.3 Å². The van der Waals surface area contributed by atoms with Crippen molar-refractivity contribution in [2.24, 2.45) is 5.84 Å². The van der Waals surface area contributed by atoms with Crippen molar-refractivity contribution in [3.05, 3.63) is 51.5 Å². The molecule has 0 saturated carbocycles. The summed E-state index contributed by atoms with van der Waals surface area (Å²) in [6, 6.07) is 8.78. The summed E-state index contributed by atoms with van der Waals surface area (Å²) < 4.78 is 19.1. The van der Waals surface area contributed by atoms with E-state index in [2.05, 4.69) is 24.5 Å². The normalized spacial score (nSPS) is 12.4. The molecule has 2 aromatic rings. The van der Waals surface area contributed by atoms with Crippen LogP contribution in [0.5, 0.6) is 5.75 Å². The van der Waals surface area contributed by atoms with Gasteiger partial charge in [-0.3, -0.25) is 11.3 Å². The van der Waals surface area contributed by atoms with Crippen molar-refractivity contribution < 1.29 is 9.13 Å². The van der Waals surface area contributed by atoms with Gasteiger partial charge in [0.05, 0.1) is 13.2 Å². The largest absolute Gasteiger partial charge is 0.497 e. The van der Waals surface area contributed by atoms with Crippen molar-refractivity contribution in [2.45, 2.75) is 25.8 Å². The molecule has 1 atom stereocenters. The molecule has 0 amide bonds. The van der Waals surface area contributed by atoms with Crippen LogP contribution in [0.2, 0.25) is 0 Å². The molecule has 0 saturated heterocycles. The number of hydrogen-bond donors (Lipinski definition) is 2. The first kappa shape index (κ1) is 15.0. The minimum atomic E-state index is -0.306. The van der Waals surface area contributed by atoms with Gasteiger partial charge in [0.2, 0.25) is 0 Å². The number of hydrogen-bond acceptors (Lipinski definition) is 4. The Kier molecular flexibility index (Phi) is 5.11. The van der Waals surface area contributed by atoms with E-state index in [0.717, 1.165) is 6.42 Å². The highest BCUT2D eigenvalue weighted by molar-refractivity contribution is 7.11. The number of benzene rings is 1. The molecule has 1 unspecified atom stereocenters. The highest BCUT2D eigenvalue weighted by Crippen LogP contribution is 2.27. The third-order valence-corrected chi connectivity index (χ3v) is 4.51. The number of nitrogens with one attached hydrogen (secondary N) is 1. The van der Waals surface area contributed by atoms with Gasteiger partial charge in [0.1, 0.15) is 11.6 Å². The molecular formula is C15H19FN2OS. The number of rotatable bonds is 6. The van der Waals surface area contributed by atoms with Crippen molar-refractivity contribution in [1.29, 1.82) is 0 Å². The van der Waals surface area contributed by atoms with Gasteiger partial charge >= 0.3 is 0 Å². The standard InChI is InChI=1S/C15H19FN2OS/c1-3-11-5-6-12(20-11)9-15(18-17)13-7-4-10(19-2)8-14(13)16/h4-8,15,18H,3,9,17H2,1-2H3. The molecule has 1 heterocycles. The fourth-order valence-corrected chi connectivity index (χ4v) is 3.10. The van der Waals surface area contributed by atoms with Crippen LogP contribution in [0.3, 0.4) is 0 Å². The quantitative estimate of drug-likeness (QED) is 0.635. The summed E-state index contributed by atoms with van der Waals surface area (Å²) in [6.45, 7) is 2.12. The van der Waals surface area contributed by atoms with E-state index in [4.69, 9.17) is 10.6 Å². The molecule has 0 bridgehead atoms. The van der Waals surface area contributed by atoms with Crippen molar-refractivity contribution in [2.75, 3.05) is 7.11 Å². The van der Waals surface area contributed by atoms with Crippen LogP contribution in [-0.4, -0.2) is 7.11 Å². The molecule has 0 aliphatic heterocycles. The zero-order chi connectivity index (χ0) is 14.5. The first-order valence-corrected chi connectivity index (χ1v) is 7.36. The fourth-order valence-electron chi connectivity index (χ4n) is 2.10. The Bertz CT molecular complexity index is 571. The number of ether oxygens (including phenoxy) is 1. The zero-order valence-electron chi connectivity index (χ0n) is 11.7. The van der Waals surface area contributed by atoms with Crippen LogP contribution in [0.15, 0.2) is 30.3 Å². The van der Waals surface area contributed by atoms with Gasteiger partial charge < -0.3 is 4.74 Å². The van der Waals surface area contributed by atoms with Crippen molar-refractivity contribution in [3.8, 4) is 5.75 Å². The summed E-state index contributed by atoms with van der Waals surface area (Å²) in [5.74, 6) is 5.79. The number of hydrazine groups is 1. The molecule has 3 nitrogen and oxygen atoms in total. The van der Waals surface area contributed by atoms with Crippen molar-refractivity contribution in [1.82, 2.24) is 5.43 Å². The lowest BCUT2D eigenvalue weighted by molar-refractivity contribution is 0.409. The van der Waals surface area contributed by atoms with E-state index in [1.165, 1.54) is 22.9 Å². The number of halogens is 1. The van der Waals surface area contributed by atoms with Gasteiger partial charge in [0.15, 0.2) is 0 Å². The molecule has 0 aliphatic carbocycles. The van der Waals surface area contributed by atoms with Crippen LogP contribution >= 0.6 is 11.3 Å². The molecule has 3 N–H and O–H groups in total. The van der Waals surface area contributed by atoms with Gasteiger partial charge in [0.25, 0.3) is 0 Å². The molecule has 0 radical (unpaired) electrons. The molecule has 0 spiro atoms. The van der Waals surface area contributed by atoms with Gasteiger partial charge in [-0.2, -0.15) is 0 Å². The monoisotopic (exact) mass is 294 g/mol. The SMILES string of the molecule is CCc1ccc(CC(NN)c2ccc(OC)cc2F)s1. The third kappa shape index (κ3) is 3.36. The summed E-state index contributed by atoms with van der Waals surface area (Å²) in [7, 11) is 1.52. The Morgan fingerprint density at radius 2 is 2.05 bits per heavy atom. The molecule has 108 valence electrons. The van der Waals surface area contributed by atoms with E-state index in [-0.39, 0.29) is 11.9 Å². The first-order chi connectivity index (χ1) is 9.67. The highest BCUT2D eigenvalue weighted by atomic mass is 32.1. The summed E-state index contributed by atoms with van der Waals surface area (Å²) in [5.41, 5.74) is 3.25. The molecular weight excluding hydrogens is 275 g/mol. The van der Waals surface area contributed by atoms with Gasteiger partial charge in [-0.15, -0.1) is 11.3 Å². The lowest BCUT2D eigenvalue weighted by Crippen LogP contribution is -2.30. The summed E-state index contributed by atoms with van der Waals surface area (Å²) >= 11 is 1.74. The average molecular weight is 294 g/mol. The van der Waals surface area contributed by atoms with Crippen LogP contribution in [-0.2, 0) is 12.8 Å². The summed E-state index contributed by atoms with van der Waals surface area (Å²) in [6.07, 6.45) is 1.69. The number of methoxy groups -OCH3 is 1. The van der Waals surface area contributed by atoms with Crippen LogP contribution in [0.4, 0.5) is 4.39 Å². The maximum absolute atomic E-state index is 14.1. The second-order valence-electron chi connectivity index (χ2n) is 4.53. The fraction of sp³-hybridized carbons (Fsp3) is 0.333. The molecule has 2 rings (SSSR count). The zero-order valence-corrected chi connectivity index (χ0v) is 12.5. The summed E-state index contributed by atoms with van der Waals surface area (Å²) in [4.78, 5) is 2.52. The van der Waals surface area contributed by atoms with Crippen molar-refractivity contribution in [3.63, 3.8) is 0 Å². The third-order valence-electron chi connectivity index (χ3n) is 3.26. The van der Waals surface area contributed by atoms with E-state index in [1.807, 2.05) is 0 Å². The van der Waals surface area contributed by atoms with E-state index in [1.54, 1.807) is 23.5 Å². The average Bonchev–Trinajstić information content (AvgIpc) is 2.92. The van der Waals surface area contributed by atoms with E-state index in [0.29, 0.717) is 17.7 Å². The summed E-state index contributed by atoms with van der Waals surface area (Å²) in [5, 5.41) is 0. The molecule has 0 aliphatic rings. The van der Waals surface area contributed by atoms with Crippen LogP contribution in [0.25, 0.3) is 0 Å². The van der Waals surface area contributed by atoms with Crippen LogP contribution < -0.4 is 16.0 Å². The van der Waals surface area contributed by atoms with Crippen LogP contribution in [0, 0.1) is 5.82 Å². The van der Waals surface area contributed by atoms with Crippen LogP contribution in [0.1, 0.15) is 28.3 Å². The highest BCUT2D eigenvalue weighted by Gasteiger charge is 2.16. The second kappa shape index (κ2) is 6.83. The Morgan fingerprint density at radius 1 is 1.30 bits per heavy atom. The second-order valence-corrected chi connectivity index (χ2v) is 5.79. The lowest BCUT2D eigenvalue weighted by Gasteiger charge is -2.16. The first-order valence-electron chi connectivity index (χ1n) is 6.55. The number of aryl methyl sites for hydroxylation is 1. The minimum Gasteiger partial charge on any atom is -0.497 e. The van der Waals surface area contributed by atoms with Gasteiger partial charge in [-0.25, -0.2) is 4.39 Å².